The van der Waals surface area contributed by atoms with Crippen molar-refractivity contribution in [2.24, 2.45) is 0 Å². The number of hydrogen-bond acceptors (Lipinski definition) is 5. The molecule has 166 valence electrons. The normalized spacial score (nSPS) is 14.9. The molecule has 2 aromatic heterocycles. The molecule has 1 aliphatic heterocycles. The lowest BCUT2D eigenvalue weighted by Crippen LogP contribution is -2.39. The Bertz CT molecular complexity index is 1260. The van der Waals surface area contributed by atoms with Crippen molar-refractivity contribution in [3.8, 4) is 0 Å². The second-order valence-electron chi connectivity index (χ2n) is 8.03. The van der Waals surface area contributed by atoms with Crippen LogP contribution in [-0.2, 0) is 4.74 Å². The molecule has 3 heterocycles. The van der Waals surface area contributed by atoms with Crippen molar-refractivity contribution in [1.29, 1.82) is 0 Å². The highest BCUT2D eigenvalue weighted by Gasteiger charge is 2.24. The summed E-state index contributed by atoms with van der Waals surface area (Å²) < 4.78 is 6.48. The van der Waals surface area contributed by atoms with Crippen molar-refractivity contribution in [3.63, 3.8) is 0 Å². The number of fused-ring (bicyclic) bond motifs is 2. The van der Waals surface area contributed by atoms with Crippen LogP contribution in [0.3, 0.4) is 0 Å². The van der Waals surface area contributed by atoms with E-state index in [1.807, 2.05) is 48.2 Å². The molecule has 8 heteroatoms. The molecule has 1 saturated heterocycles. The summed E-state index contributed by atoms with van der Waals surface area (Å²) in [5.74, 6) is -0.0350. The first kappa shape index (κ1) is 21.4. The summed E-state index contributed by atoms with van der Waals surface area (Å²) in [5.41, 5.74) is 3.43. The topological polar surface area (TPSA) is 61.5 Å². The molecule has 0 radical (unpaired) electrons. The van der Waals surface area contributed by atoms with Gasteiger partial charge in [0.15, 0.2) is 5.13 Å². The first-order valence-corrected chi connectivity index (χ1v) is 12.0. The molecule has 0 aliphatic carbocycles. The molecular formula is C24H25ClN4O2S. The summed E-state index contributed by atoms with van der Waals surface area (Å²) in [5, 5.41) is 2.33. The molecule has 0 unspecified atom stereocenters. The van der Waals surface area contributed by atoms with Crippen molar-refractivity contribution in [3.05, 3.63) is 58.7 Å². The predicted molar refractivity (Wildman–Crippen MR) is 131 cm³/mol. The lowest BCUT2D eigenvalue weighted by Gasteiger charge is -2.27. The van der Waals surface area contributed by atoms with E-state index in [1.165, 1.54) is 11.3 Å². The zero-order valence-electron chi connectivity index (χ0n) is 17.9. The van der Waals surface area contributed by atoms with E-state index < -0.39 is 0 Å². The van der Waals surface area contributed by atoms with Gasteiger partial charge in [0.1, 0.15) is 0 Å². The van der Waals surface area contributed by atoms with Gasteiger partial charge in [0.2, 0.25) is 0 Å². The van der Waals surface area contributed by atoms with E-state index in [0.29, 0.717) is 22.3 Å². The highest BCUT2D eigenvalue weighted by molar-refractivity contribution is 7.22. The van der Waals surface area contributed by atoms with Gasteiger partial charge in [-0.15, -0.1) is 0 Å². The second-order valence-corrected chi connectivity index (χ2v) is 9.44. The van der Waals surface area contributed by atoms with Crippen molar-refractivity contribution >= 4 is 55.1 Å². The van der Waals surface area contributed by atoms with Crippen LogP contribution in [-0.4, -0.2) is 60.2 Å². The lowest BCUT2D eigenvalue weighted by atomic mass is 10.1. The molecule has 1 amide bonds. The minimum absolute atomic E-state index is 0.0350. The van der Waals surface area contributed by atoms with Crippen LogP contribution in [0.1, 0.15) is 22.3 Å². The maximum absolute atomic E-state index is 13.7. The number of hydrogen-bond donors (Lipinski definition) is 1. The van der Waals surface area contributed by atoms with Gasteiger partial charge in [-0.25, -0.2) is 4.98 Å². The Morgan fingerprint density at radius 2 is 2.06 bits per heavy atom. The van der Waals surface area contributed by atoms with E-state index in [9.17, 15) is 4.79 Å². The molecule has 32 heavy (non-hydrogen) atoms. The van der Waals surface area contributed by atoms with E-state index in [1.54, 1.807) is 6.20 Å². The molecule has 6 nitrogen and oxygen atoms in total. The number of halogens is 1. The number of ether oxygens (including phenoxy) is 1. The number of para-hydroxylation sites is 1. The number of H-pyrrole nitrogens is 1. The van der Waals surface area contributed by atoms with E-state index >= 15 is 0 Å². The fraction of sp³-hybridized carbons (Fsp3) is 0.333. The molecule has 1 fully saturated rings. The van der Waals surface area contributed by atoms with Gasteiger partial charge < -0.3 is 9.72 Å². The van der Waals surface area contributed by atoms with E-state index in [-0.39, 0.29) is 5.91 Å². The largest absolute Gasteiger partial charge is 0.379 e. The maximum Gasteiger partial charge on any atom is 0.262 e. The van der Waals surface area contributed by atoms with E-state index in [2.05, 4.69) is 9.88 Å². The van der Waals surface area contributed by atoms with Crippen LogP contribution in [0.5, 0.6) is 0 Å². The van der Waals surface area contributed by atoms with Crippen molar-refractivity contribution in [1.82, 2.24) is 14.9 Å². The summed E-state index contributed by atoms with van der Waals surface area (Å²) in [7, 11) is 0. The van der Waals surface area contributed by atoms with Gasteiger partial charge in [-0.2, -0.15) is 0 Å². The molecule has 2 aromatic carbocycles. The average molecular weight is 469 g/mol. The number of nitrogens with zero attached hydrogens (tertiary/aromatic N) is 3. The van der Waals surface area contributed by atoms with Gasteiger partial charge in [-0.1, -0.05) is 41.1 Å². The van der Waals surface area contributed by atoms with Gasteiger partial charge in [0.25, 0.3) is 5.91 Å². The number of carbonyl (C=O) groups excluding carboxylic acids is 1. The quantitative estimate of drug-likeness (QED) is 0.427. The Kier molecular flexibility index (Phi) is 6.15. The van der Waals surface area contributed by atoms with Crippen molar-refractivity contribution in [2.75, 3.05) is 44.3 Å². The third-order valence-electron chi connectivity index (χ3n) is 5.99. The van der Waals surface area contributed by atoms with Gasteiger partial charge in [0.05, 0.1) is 29.0 Å². The molecule has 1 aliphatic rings. The molecule has 5 rings (SSSR count). The summed E-state index contributed by atoms with van der Waals surface area (Å²) in [6.45, 7) is 6.92. The second kappa shape index (κ2) is 9.19. The monoisotopic (exact) mass is 468 g/mol. The smallest absolute Gasteiger partial charge is 0.262 e. The van der Waals surface area contributed by atoms with Crippen molar-refractivity contribution in [2.45, 2.75) is 13.3 Å². The van der Waals surface area contributed by atoms with Crippen molar-refractivity contribution < 1.29 is 9.53 Å². The molecule has 0 bridgehead atoms. The van der Waals surface area contributed by atoms with Crippen LogP contribution in [0.2, 0.25) is 5.02 Å². The van der Waals surface area contributed by atoms with Gasteiger partial charge in [-0.05, 0) is 37.1 Å². The third kappa shape index (κ3) is 4.13. The highest BCUT2D eigenvalue weighted by Crippen LogP contribution is 2.34. The Hall–Kier alpha value is -2.45. The van der Waals surface area contributed by atoms with E-state index in [4.69, 9.17) is 21.3 Å². The Morgan fingerprint density at radius 3 is 2.91 bits per heavy atom. The zero-order chi connectivity index (χ0) is 22.1. The third-order valence-corrected chi connectivity index (χ3v) is 7.45. The highest BCUT2D eigenvalue weighted by atomic mass is 35.5. The number of rotatable bonds is 6. The Balaban J connectivity index is 1.47. The summed E-state index contributed by atoms with van der Waals surface area (Å²) in [4.78, 5) is 26.0. The van der Waals surface area contributed by atoms with Crippen LogP contribution >= 0.6 is 22.9 Å². The average Bonchev–Trinajstić information content (AvgIpc) is 3.44. The Morgan fingerprint density at radius 1 is 1.25 bits per heavy atom. The first-order valence-electron chi connectivity index (χ1n) is 10.9. The van der Waals surface area contributed by atoms with Crippen LogP contribution in [0.15, 0.2) is 42.6 Å². The predicted octanol–water partition coefficient (Wildman–Crippen LogP) is 5.11. The lowest BCUT2D eigenvalue weighted by molar-refractivity contribution is 0.0376. The number of benzene rings is 2. The number of aryl methyl sites for hydroxylation is 1. The number of amides is 1. The number of carbonyl (C=O) groups is 1. The molecule has 1 N–H and O–H groups in total. The molecule has 0 saturated carbocycles. The summed E-state index contributed by atoms with van der Waals surface area (Å²) in [6.07, 6.45) is 2.67. The maximum atomic E-state index is 13.7. The van der Waals surface area contributed by atoms with Crippen LogP contribution in [0.25, 0.3) is 21.1 Å². The Labute approximate surface area is 195 Å². The molecule has 0 spiro atoms. The van der Waals surface area contributed by atoms with Crippen LogP contribution in [0.4, 0.5) is 5.13 Å². The molecule has 0 atom stereocenters. The zero-order valence-corrected chi connectivity index (χ0v) is 19.5. The standard InChI is InChI=1S/C24H25ClN4O2S/c1-16-19(25)7-8-21-22(16)27-24(32-21)29(10-4-9-28-11-13-31-14-12-28)23(30)18-15-26-20-6-3-2-5-17(18)20/h2-3,5-8,15,26H,4,9-14H2,1H3. The fourth-order valence-electron chi connectivity index (χ4n) is 4.16. The van der Waals surface area contributed by atoms with Gasteiger partial charge in [0, 0.05) is 48.3 Å². The number of morpholine rings is 1. The number of aromatic nitrogens is 2. The minimum atomic E-state index is -0.0350. The number of thiazole rings is 1. The van der Waals surface area contributed by atoms with Crippen LogP contribution < -0.4 is 4.90 Å². The van der Waals surface area contributed by atoms with Gasteiger partial charge >= 0.3 is 0 Å². The fourth-order valence-corrected chi connectivity index (χ4v) is 5.36. The number of nitrogens with one attached hydrogen (secondary N) is 1. The summed E-state index contributed by atoms with van der Waals surface area (Å²) in [6, 6.07) is 11.8. The number of anilines is 1. The van der Waals surface area contributed by atoms with Crippen LogP contribution in [0, 0.1) is 6.92 Å². The molecule has 4 aromatic rings. The summed E-state index contributed by atoms with van der Waals surface area (Å²) >= 11 is 7.86. The van der Waals surface area contributed by atoms with Gasteiger partial charge in [-0.3, -0.25) is 14.6 Å². The molecular weight excluding hydrogens is 444 g/mol. The van der Waals surface area contributed by atoms with E-state index in [0.717, 1.165) is 66.0 Å². The minimum Gasteiger partial charge on any atom is -0.379 e. The SMILES string of the molecule is Cc1c(Cl)ccc2sc(N(CCCN3CCOCC3)C(=O)c3c[nH]c4ccccc34)nc12. The first-order chi connectivity index (χ1) is 15.6. The number of aromatic amines is 1.